The van der Waals surface area contributed by atoms with Gasteiger partial charge in [0.2, 0.25) is 0 Å². The molecule has 0 bridgehead atoms. The Morgan fingerprint density at radius 2 is 2.20 bits per heavy atom. The molecule has 6 heteroatoms. The fourth-order valence-corrected chi connectivity index (χ4v) is 1.47. The molecule has 1 aromatic rings. The maximum Gasteiger partial charge on any atom is 0.321 e. The summed E-state index contributed by atoms with van der Waals surface area (Å²) in [6, 6.07) is 6.82. The summed E-state index contributed by atoms with van der Waals surface area (Å²) >= 11 is 0. The smallest absolute Gasteiger partial charge is 0.321 e. The van der Waals surface area contributed by atoms with Gasteiger partial charge >= 0.3 is 6.03 Å². The molecule has 0 heterocycles. The number of urea groups is 1. The number of imide groups is 1. The molecule has 1 aromatic carbocycles. The minimum absolute atomic E-state index is 0.218. The molecule has 1 rings (SSSR count). The number of carbonyl (C=O) groups excluding carboxylic acids is 2. The van der Waals surface area contributed by atoms with Crippen molar-refractivity contribution in [1.29, 1.82) is 0 Å². The Kier molecular flexibility index (Phi) is 6.84. The monoisotopic (exact) mass is 277 g/mol. The van der Waals surface area contributed by atoms with Gasteiger partial charge in [-0.3, -0.25) is 10.1 Å². The predicted octanol–water partition coefficient (Wildman–Crippen LogP) is 0.797. The third kappa shape index (κ3) is 6.01. The standard InChI is InChI=1S/C14H19N3O3/c1-3-7-16-14(19)17-13(18)10-20-12-6-4-5-11(8-12)9-15-2/h3-6,8,15H,1,7,9-10H2,2H3,(H2,16,17,18,19). The van der Waals surface area contributed by atoms with Crippen molar-refractivity contribution in [2.45, 2.75) is 6.54 Å². The number of benzene rings is 1. The van der Waals surface area contributed by atoms with E-state index in [9.17, 15) is 9.59 Å². The van der Waals surface area contributed by atoms with E-state index in [1.54, 1.807) is 6.07 Å². The third-order valence-electron chi connectivity index (χ3n) is 2.31. The van der Waals surface area contributed by atoms with Gasteiger partial charge in [-0.15, -0.1) is 6.58 Å². The van der Waals surface area contributed by atoms with Crippen molar-refractivity contribution < 1.29 is 14.3 Å². The van der Waals surface area contributed by atoms with Crippen LogP contribution in [0.15, 0.2) is 36.9 Å². The second-order valence-electron chi connectivity index (χ2n) is 4.01. The summed E-state index contributed by atoms with van der Waals surface area (Å²) in [7, 11) is 1.85. The zero-order valence-corrected chi connectivity index (χ0v) is 11.4. The van der Waals surface area contributed by atoms with E-state index in [2.05, 4.69) is 22.5 Å². The van der Waals surface area contributed by atoms with E-state index >= 15 is 0 Å². The van der Waals surface area contributed by atoms with Crippen LogP contribution in [0.5, 0.6) is 5.75 Å². The normalized spacial score (nSPS) is 9.65. The van der Waals surface area contributed by atoms with Crippen molar-refractivity contribution in [2.75, 3.05) is 20.2 Å². The van der Waals surface area contributed by atoms with Crippen molar-refractivity contribution in [3.05, 3.63) is 42.5 Å². The van der Waals surface area contributed by atoms with E-state index in [1.165, 1.54) is 6.08 Å². The molecule has 0 aliphatic rings. The van der Waals surface area contributed by atoms with E-state index in [1.807, 2.05) is 25.2 Å². The Morgan fingerprint density at radius 3 is 2.90 bits per heavy atom. The van der Waals surface area contributed by atoms with Crippen LogP contribution < -0.4 is 20.7 Å². The van der Waals surface area contributed by atoms with Gasteiger partial charge in [0.25, 0.3) is 5.91 Å². The zero-order chi connectivity index (χ0) is 14.8. The molecule has 0 radical (unpaired) electrons. The Labute approximate surface area is 118 Å². The van der Waals surface area contributed by atoms with Crippen LogP contribution in [0.4, 0.5) is 4.79 Å². The molecule has 0 fully saturated rings. The number of carbonyl (C=O) groups is 2. The summed E-state index contributed by atoms with van der Waals surface area (Å²) in [4.78, 5) is 22.7. The van der Waals surface area contributed by atoms with Crippen LogP contribution in [0.3, 0.4) is 0 Å². The van der Waals surface area contributed by atoms with Gasteiger partial charge in [0.05, 0.1) is 0 Å². The highest BCUT2D eigenvalue weighted by atomic mass is 16.5. The molecule has 108 valence electrons. The van der Waals surface area contributed by atoms with Crippen LogP contribution in [0.25, 0.3) is 0 Å². The summed E-state index contributed by atoms with van der Waals surface area (Å²) in [5.41, 5.74) is 1.05. The van der Waals surface area contributed by atoms with Crippen molar-refractivity contribution in [3.63, 3.8) is 0 Å². The summed E-state index contributed by atoms with van der Waals surface area (Å²) in [5.74, 6) is 0.0741. The highest BCUT2D eigenvalue weighted by Gasteiger charge is 2.07. The molecular formula is C14H19N3O3. The van der Waals surface area contributed by atoms with Crippen LogP contribution >= 0.6 is 0 Å². The van der Waals surface area contributed by atoms with Crippen LogP contribution in [0, 0.1) is 0 Å². The first-order valence-corrected chi connectivity index (χ1v) is 6.20. The number of nitrogens with one attached hydrogen (secondary N) is 3. The molecule has 20 heavy (non-hydrogen) atoms. The molecular weight excluding hydrogens is 258 g/mol. The fourth-order valence-electron chi connectivity index (χ4n) is 1.47. The summed E-state index contributed by atoms with van der Waals surface area (Å²) in [5, 5.41) is 7.61. The Hall–Kier alpha value is -2.34. The summed E-state index contributed by atoms with van der Waals surface area (Å²) in [6.45, 7) is 4.25. The van der Waals surface area contributed by atoms with Crippen LogP contribution in [0.1, 0.15) is 5.56 Å². The van der Waals surface area contributed by atoms with Crippen LogP contribution in [0.2, 0.25) is 0 Å². The molecule has 0 unspecified atom stereocenters. The average Bonchev–Trinajstić information content (AvgIpc) is 2.44. The van der Waals surface area contributed by atoms with E-state index < -0.39 is 11.9 Å². The third-order valence-corrected chi connectivity index (χ3v) is 2.31. The molecule has 0 aliphatic heterocycles. The predicted molar refractivity (Wildman–Crippen MR) is 76.4 cm³/mol. The van der Waals surface area contributed by atoms with E-state index in [0.29, 0.717) is 18.8 Å². The van der Waals surface area contributed by atoms with Gasteiger partial charge in [-0.2, -0.15) is 0 Å². The molecule has 3 N–H and O–H groups in total. The highest BCUT2D eigenvalue weighted by molar-refractivity contribution is 5.95. The van der Waals surface area contributed by atoms with E-state index in [-0.39, 0.29) is 6.61 Å². The van der Waals surface area contributed by atoms with Gasteiger partial charge in [0, 0.05) is 13.1 Å². The van der Waals surface area contributed by atoms with Gasteiger partial charge in [0.1, 0.15) is 5.75 Å². The lowest BCUT2D eigenvalue weighted by Crippen LogP contribution is -2.41. The molecule has 0 spiro atoms. The first-order valence-electron chi connectivity index (χ1n) is 6.20. The lowest BCUT2D eigenvalue weighted by atomic mass is 10.2. The number of ether oxygens (including phenoxy) is 1. The molecule has 3 amide bonds. The summed E-state index contributed by atoms with van der Waals surface area (Å²) < 4.78 is 5.32. The molecule has 0 atom stereocenters. The molecule has 6 nitrogen and oxygen atoms in total. The Balaban J connectivity index is 2.38. The molecule has 0 aliphatic carbocycles. The first kappa shape index (κ1) is 15.7. The largest absolute Gasteiger partial charge is 0.484 e. The number of rotatable bonds is 7. The van der Waals surface area contributed by atoms with Gasteiger partial charge in [0.15, 0.2) is 6.61 Å². The topological polar surface area (TPSA) is 79.5 Å². The van der Waals surface area contributed by atoms with Crippen molar-refractivity contribution in [1.82, 2.24) is 16.0 Å². The quantitative estimate of drug-likeness (QED) is 0.644. The van der Waals surface area contributed by atoms with Gasteiger partial charge < -0.3 is 15.4 Å². The number of amides is 3. The SMILES string of the molecule is C=CCNC(=O)NC(=O)COc1cccc(CNC)c1. The molecule has 0 saturated heterocycles. The van der Waals surface area contributed by atoms with Gasteiger partial charge in [-0.25, -0.2) is 4.79 Å². The van der Waals surface area contributed by atoms with Crippen LogP contribution in [-0.2, 0) is 11.3 Å². The number of hydrogen-bond donors (Lipinski definition) is 3. The lowest BCUT2D eigenvalue weighted by molar-refractivity contribution is -0.122. The molecule has 0 aromatic heterocycles. The fraction of sp³-hybridized carbons (Fsp3) is 0.286. The molecule has 0 saturated carbocycles. The van der Waals surface area contributed by atoms with Crippen molar-refractivity contribution >= 4 is 11.9 Å². The minimum Gasteiger partial charge on any atom is -0.484 e. The highest BCUT2D eigenvalue weighted by Crippen LogP contribution is 2.12. The average molecular weight is 277 g/mol. The Morgan fingerprint density at radius 1 is 1.40 bits per heavy atom. The van der Waals surface area contributed by atoms with E-state index in [4.69, 9.17) is 4.74 Å². The number of hydrogen-bond acceptors (Lipinski definition) is 4. The minimum atomic E-state index is -0.567. The van der Waals surface area contributed by atoms with Crippen molar-refractivity contribution in [3.8, 4) is 5.75 Å². The maximum absolute atomic E-state index is 11.5. The zero-order valence-electron chi connectivity index (χ0n) is 11.4. The van der Waals surface area contributed by atoms with E-state index in [0.717, 1.165) is 5.56 Å². The first-order chi connectivity index (χ1) is 9.65. The van der Waals surface area contributed by atoms with Crippen molar-refractivity contribution in [2.24, 2.45) is 0 Å². The second kappa shape index (κ2) is 8.71. The second-order valence-corrected chi connectivity index (χ2v) is 4.01. The summed E-state index contributed by atoms with van der Waals surface area (Å²) in [6.07, 6.45) is 1.52. The van der Waals surface area contributed by atoms with Crippen LogP contribution in [-0.4, -0.2) is 32.1 Å². The van der Waals surface area contributed by atoms with Gasteiger partial charge in [-0.1, -0.05) is 18.2 Å². The Bertz CT molecular complexity index is 474. The van der Waals surface area contributed by atoms with Gasteiger partial charge in [-0.05, 0) is 24.7 Å². The maximum atomic E-state index is 11.5. The lowest BCUT2D eigenvalue weighted by Gasteiger charge is -2.08.